The summed E-state index contributed by atoms with van der Waals surface area (Å²) in [6.07, 6.45) is 3.71. The van der Waals surface area contributed by atoms with Crippen LogP contribution in [0.1, 0.15) is 30.0 Å². The SMILES string of the molecule is Cc1cc(C(C)Nc2ccc(-n3cccn3)cc2)c(C)o1. The van der Waals surface area contributed by atoms with Gasteiger partial charge < -0.3 is 9.73 Å². The standard InChI is InChI=1S/C17H19N3O/c1-12-11-17(14(3)21-12)13(2)19-15-5-7-16(8-6-15)20-10-4-9-18-20/h4-11,13,19H,1-3H3. The molecular weight excluding hydrogens is 262 g/mol. The highest BCUT2D eigenvalue weighted by Gasteiger charge is 2.12. The fourth-order valence-corrected chi connectivity index (χ4v) is 2.54. The van der Waals surface area contributed by atoms with Gasteiger partial charge in [-0.1, -0.05) is 0 Å². The Balaban J connectivity index is 1.74. The van der Waals surface area contributed by atoms with E-state index in [9.17, 15) is 0 Å². The molecule has 4 heteroatoms. The molecule has 0 amide bonds. The van der Waals surface area contributed by atoms with E-state index in [0.29, 0.717) is 0 Å². The average Bonchev–Trinajstić information content (AvgIpc) is 3.09. The maximum atomic E-state index is 5.59. The molecule has 1 N–H and O–H groups in total. The number of nitrogens with one attached hydrogen (secondary N) is 1. The largest absolute Gasteiger partial charge is 0.466 e. The number of hydrogen-bond donors (Lipinski definition) is 1. The van der Waals surface area contributed by atoms with Gasteiger partial charge in [0.05, 0.1) is 11.7 Å². The zero-order chi connectivity index (χ0) is 14.8. The molecular formula is C17H19N3O. The molecule has 108 valence electrons. The summed E-state index contributed by atoms with van der Waals surface area (Å²) in [6, 6.07) is 12.4. The van der Waals surface area contributed by atoms with E-state index in [-0.39, 0.29) is 6.04 Å². The highest BCUT2D eigenvalue weighted by molar-refractivity contribution is 5.50. The van der Waals surface area contributed by atoms with E-state index in [1.165, 1.54) is 5.56 Å². The van der Waals surface area contributed by atoms with Gasteiger partial charge in [0.15, 0.2) is 0 Å². The molecule has 1 aromatic carbocycles. The molecule has 0 aliphatic carbocycles. The van der Waals surface area contributed by atoms with Crippen molar-refractivity contribution in [2.24, 2.45) is 0 Å². The molecule has 0 saturated carbocycles. The third-order valence-corrected chi connectivity index (χ3v) is 3.57. The fraction of sp³-hybridized carbons (Fsp3) is 0.235. The van der Waals surface area contributed by atoms with Crippen LogP contribution >= 0.6 is 0 Å². The van der Waals surface area contributed by atoms with Gasteiger partial charge >= 0.3 is 0 Å². The number of hydrogen-bond acceptors (Lipinski definition) is 3. The lowest BCUT2D eigenvalue weighted by Crippen LogP contribution is -2.07. The van der Waals surface area contributed by atoms with Crippen LogP contribution in [0.15, 0.2) is 53.2 Å². The van der Waals surface area contributed by atoms with Gasteiger partial charge in [0.25, 0.3) is 0 Å². The zero-order valence-corrected chi connectivity index (χ0v) is 12.5. The lowest BCUT2D eigenvalue weighted by atomic mass is 10.1. The Morgan fingerprint density at radius 3 is 2.52 bits per heavy atom. The Morgan fingerprint density at radius 1 is 1.19 bits per heavy atom. The number of furan rings is 1. The van der Waals surface area contributed by atoms with Crippen LogP contribution in [-0.2, 0) is 0 Å². The van der Waals surface area contributed by atoms with Gasteiger partial charge in [-0.05, 0) is 57.2 Å². The molecule has 3 aromatic rings. The molecule has 2 heterocycles. The molecule has 21 heavy (non-hydrogen) atoms. The van der Waals surface area contributed by atoms with E-state index in [2.05, 4.69) is 47.7 Å². The predicted octanol–water partition coefficient (Wildman–Crippen LogP) is 4.26. The van der Waals surface area contributed by atoms with Crippen molar-refractivity contribution in [3.63, 3.8) is 0 Å². The van der Waals surface area contributed by atoms with Crippen LogP contribution in [0.2, 0.25) is 0 Å². The summed E-state index contributed by atoms with van der Waals surface area (Å²) in [7, 11) is 0. The lowest BCUT2D eigenvalue weighted by Gasteiger charge is -2.15. The van der Waals surface area contributed by atoms with Gasteiger partial charge in [-0.15, -0.1) is 0 Å². The smallest absolute Gasteiger partial charge is 0.106 e. The minimum atomic E-state index is 0.206. The Bertz CT molecular complexity index is 711. The summed E-state index contributed by atoms with van der Waals surface area (Å²) in [6.45, 7) is 6.11. The third kappa shape index (κ3) is 2.84. The second-order valence-corrected chi connectivity index (χ2v) is 5.23. The molecule has 0 bridgehead atoms. The summed E-state index contributed by atoms with van der Waals surface area (Å²) in [5.74, 6) is 1.92. The fourth-order valence-electron chi connectivity index (χ4n) is 2.54. The molecule has 0 saturated heterocycles. The molecule has 0 aliphatic heterocycles. The highest BCUT2D eigenvalue weighted by Crippen LogP contribution is 2.25. The van der Waals surface area contributed by atoms with Gasteiger partial charge in [-0.3, -0.25) is 0 Å². The second-order valence-electron chi connectivity index (χ2n) is 5.23. The predicted molar refractivity (Wildman–Crippen MR) is 83.8 cm³/mol. The summed E-state index contributed by atoms with van der Waals surface area (Å²) < 4.78 is 7.43. The van der Waals surface area contributed by atoms with Crippen LogP contribution in [-0.4, -0.2) is 9.78 Å². The van der Waals surface area contributed by atoms with Gasteiger partial charge in [0, 0.05) is 23.6 Å². The van der Waals surface area contributed by atoms with Crippen LogP contribution in [0.4, 0.5) is 5.69 Å². The van der Waals surface area contributed by atoms with Crippen LogP contribution in [0.3, 0.4) is 0 Å². The van der Waals surface area contributed by atoms with Crippen LogP contribution < -0.4 is 5.32 Å². The van der Waals surface area contributed by atoms with Crippen LogP contribution in [0.5, 0.6) is 0 Å². The first kappa shape index (κ1) is 13.5. The first-order valence-corrected chi connectivity index (χ1v) is 7.07. The van der Waals surface area contributed by atoms with E-state index in [0.717, 1.165) is 22.9 Å². The molecule has 3 rings (SSSR count). The number of rotatable bonds is 4. The summed E-state index contributed by atoms with van der Waals surface area (Å²) in [4.78, 5) is 0. The van der Waals surface area contributed by atoms with E-state index in [4.69, 9.17) is 4.42 Å². The highest BCUT2D eigenvalue weighted by atomic mass is 16.3. The molecule has 1 atom stereocenters. The van der Waals surface area contributed by atoms with Gasteiger partial charge in [0.2, 0.25) is 0 Å². The van der Waals surface area contributed by atoms with E-state index in [1.807, 2.05) is 30.8 Å². The van der Waals surface area contributed by atoms with Crippen molar-refractivity contribution in [2.75, 3.05) is 5.32 Å². The minimum absolute atomic E-state index is 0.206. The summed E-state index contributed by atoms with van der Waals surface area (Å²) in [5, 5.41) is 7.72. The molecule has 0 radical (unpaired) electrons. The van der Waals surface area contributed by atoms with E-state index >= 15 is 0 Å². The van der Waals surface area contributed by atoms with Crippen molar-refractivity contribution in [3.8, 4) is 5.69 Å². The minimum Gasteiger partial charge on any atom is -0.466 e. The number of benzene rings is 1. The Kier molecular flexibility index (Phi) is 3.52. The van der Waals surface area contributed by atoms with Crippen LogP contribution in [0.25, 0.3) is 5.69 Å². The Labute approximate surface area is 124 Å². The normalized spacial score (nSPS) is 12.3. The Morgan fingerprint density at radius 2 is 1.95 bits per heavy atom. The quantitative estimate of drug-likeness (QED) is 0.777. The van der Waals surface area contributed by atoms with E-state index in [1.54, 1.807) is 6.20 Å². The molecule has 0 spiro atoms. The van der Waals surface area contributed by atoms with Crippen molar-refractivity contribution >= 4 is 5.69 Å². The zero-order valence-electron chi connectivity index (χ0n) is 12.5. The van der Waals surface area contributed by atoms with Crippen molar-refractivity contribution in [2.45, 2.75) is 26.8 Å². The van der Waals surface area contributed by atoms with E-state index < -0.39 is 0 Å². The molecule has 0 fully saturated rings. The number of aryl methyl sites for hydroxylation is 2. The number of aromatic nitrogens is 2. The average molecular weight is 281 g/mol. The van der Waals surface area contributed by atoms with Crippen molar-refractivity contribution in [3.05, 3.63) is 65.9 Å². The lowest BCUT2D eigenvalue weighted by molar-refractivity contribution is 0.500. The third-order valence-electron chi connectivity index (χ3n) is 3.57. The van der Waals surface area contributed by atoms with Crippen molar-refractivity contribution in [1.82, 2.24) is 9.78 Å². The second kappa shape index (κ2) is 5.48. The molecule has 4 nitrogen and oxygen atoms in total. The maximum Gasteiger partial charge on any atom is 0.106 e. The first-order valence-electron chi connectivity index (χ1n) is 7.07. The number of nitrogens with zero attached hydrogens (tertiary/aromatic N) is 2. The van der Waals surface area contributed by atoms with Gasteiger partial charge in [0.1, 0.15) is 11.5 Å². The molecule has 2 aromatic heterocycles. The summed E-state index contributed by atoms with van der Waals surface area (Å²) >= 11 is 0. The monoisotopic (exact) mass is 281 g/mol. The van der Waals surface area contributed by atoms with Gasteiger partial charge in [-0.2, -0.15) is 5.10 Å². The van der Waals surface area contributed by atoms with Crippen molar-refractivity contribution < 1.29 is 4.42 Å². The van der Waals surface area contributed by atoms with Crippen molar-refractivity contribution in [1.29, 1.82) is 0 Å². The Hall–Kier alpha value is -2.49. The molecule has 1 unspecified atom stereocenters. The van der Waals surface area contributed by atoms with Crippen LogP contribution in [0, 0.1) is 13.8 Å². The maximum absolute atomic E-state index is 5.59. The topological polar surface area (TPSA) is 43.0 Å². The number of anilines is 1. The van der Waals surface area contributed by atoms with Gasteiger partial charge in [-0.25, -0.2) is 4.68 Å². The summed E-state index contributed by atoms with van der Waals surface area (Å²) in [5.41, 5.74) is 3.33. The first-order chi connectivity index (χ1) is 10.1. The molecule has 0 aliphatic rings.